The SMILES string of the molecule is CC(C)(C)OC(=O)N1CCCN(c2ccc([N+](=O)[O-])c(C(=O)O)c2)CC1.COC(=O)CNC(=O)c1cc(N2CCCN(C(=O)OC(C)(C)C)CC2)ccc1[N+](=O)[O-]. The number of nitrogens with zero attached hydrogens (tertiary/aromatic N) is 6. The van der Waals surface area contributed by atoms with Gasteiger partial charge in [-0.2, -0.15) is 0 Å². The number of carbonyl (C=O) groups excluding carboxylic acids is 4. The molecule has 0 unspecified atom stereocenters. The fourth-order valence-electron chi connectivity index (χ4n) is 5.80. The third kappa shape index (κ3) is 13.8. The molecule has 0 aromatic heterocycles. The smallest absolute Gasteiger partial charge is 0.410 e. The van der Waals surface area contributed by atoms with Crippen LogP contribution in [0.25, 0.3) is 0 Å². The molecule has 57 heavy (non-hydrogen) atoms. The molecule has 2 aliphatic heterocycles. The zero-order valence-corrected chi connectivity index (χ0v) is 33.3. The lowest BCUT2D eigenvalue weighted by Crippen LogP contribution is -2.39. The van der Waals surface area contributed by atoms with Crippen molar-refractivity contribution in [2.75, 3.05) is 75.8 Å². The van der Waals surface area contributed by atoms with Gasteiger partial charge in [-0.15, -0.1) is 0 Å². The summed E-state index contributed by atoms with van der Waals surface area (Å²) in [6.45, 7) is 14.5. The second kappa shape index (κ2) is 19.6. The van der Waals surface area contributed by atoms with Crippen molar-refractivity contribution in [1.82, 2.24) is 15.1 Å². The number of hydrogen-bond acceptors (Lipinski definition) is 14. The van der Waals surface area contributed by atoms with E-state index in [0.717, 1.165) is 0 Å². The third-order valence-corrected chi connectivity index (χ3v) is 8.48. The number of carbonyl (C=O) groups is 5. The number of benzene rings is 2. The molecule has 20 nitrogen and oxygen atoms in total. The molecule has 0 atom stereocenters. The van der Waals surface area contributed by atoms with Gasteiger partial charge in [0.1, 0.15) is 28.9 Å². The van der Waals surface area contributed by atoms with E-state index in [1.165, 1.54) is 37.4 Å². The molecule has 312 valence electrons. The summed E-state index contributed by atoms with van der Waals surface area (Å²) in [5.74, 6) is -2.75. The predicted molar refractivity (Wildman–Crippen MR) is 207 cm³/mol. The topological polar surface area (TPSA) is 245 Å². The lowest BCUT2D eigenvalue weighted by molar-refractivity contribution is -0.385. The Morgan fingerprint density at radius 1 is 0.684 bits per heavy atom. The summed E-state index contributed by atoms with van der Waals surface area (Å²) < 4.78 is 15.3. The summed E-state index contributed by atoms with van der Waals surface area (Å²) in [6.07, 6.45) is 0.578. The molecule has 2 fully saturated rings. The molecule has 2 aromatic rings. The first kappa shape index (κ1) is 45.2. The zero-order valence-electron chi connectivity index (χ0n) is 33.3. The van der Waals surface area contributed by atoms with Gasteiger partial charge >= 0.3 is 24.1 Å². The standard InChI is InChI=1S/C20H28N4O7.C17H23N3O6/c1-20(2,3)31-19(27)23-9-5-8-22(10-11-23)14-6-7-16(24(28)29)15(12-14)18(26)21-13-17(25)30-4;1-17(2,3)26-16(23)19-8-4-7-18(9-10-19)12-5-6-14(20(24)25)13(11-12)15(21)22/h6-7,12H,5,8-11,13H2,1-4H3,(H,21,26);5-6,11H,4,7-10H2,1-3H3,(H,21,22). The maximum Gasteiger partial charge on any atom is 0.410 e. The van der Waals surface area contributed by atoms with E-state index in [9.17, 15) is 49.3 Å². The Hall–Kier alpha value is -6.21. The van der Waals surface area contributed by atoms with Gasteiger partial charge in [0.05, 0.1) is 17.0 Å². The van der Waals surface area contributed by atoms with Crippen LogP contribution >= 0.6 is 0 Å². The van der Waals surface area contributed by atoms with Crippen LogP contribution < -0.4 is 15.1 Å². The Morgan fingerprint density at radius 2 is 1.11 bits per heavy atom. The molecule has 2 saturated heterocycles. The zero-order chi connectivity index (χ0) is 42.7. The number of carboxylic acid groups (broad SMARTS) is 1. The quantitative estimate of drug-likeness (QED) is 0.159. The average molecular weight is 802 g/mol. The Labute approximate surface area is 329 Å². The van der Waals surface area contributed by atoms with E-state index in [2.05, 4.69) is 10.1 Å². The van der Waals surface area contributed by atoms with Crippen LogP contribution in [-0.2, 0) is 19.0 Å². The summed E-state index contributed by atoms with van der Waals surface area (Å²) in [6, 6.07) is 8.30. The highest BCUT2D eigenvalue weighted by atomic mass is 16.6. The van der Waals surface area contributed by atoms with E-state index in [-0.39, 0.29) is 29.0 Å². The molecule has 2 heterocycles. The van der Waals surface area contributed by atoms with Gasteiger partial charge in [-0.1, -0.05) is 0 Å². The highest BCUT2D eigenvalue weighted by Crippen LogP contribution is 2.28. The first-order valence-electron chi connectivity index (χ1n) is 18.2. The molecule has 3 amide bonds. The predicted octanol–water partition coefficient (Wildman–Crippen LogP) is 4.69. The van der Waals surface area contributed by atoms with Gasteiger partial charge in [0.15, 0.2) is 0 Å². The summed E-state index contributed by atoms with van der Waals surface area (Å²) >= 11 is 0. The van der Waals surface area contributed by atoms with Crippen LogP contribution in [0.3, 0.4) is 0 Å². The number of nitro benzene ring substituents is 2. The van der Waals surface area contributed by atoms with Crippen LogP contribution in [0, 0.1) is 20.2 Å². The van der Waals surface area contributed by atoms with Crippen LogP contribution in [0.1, 0.15) is 75.1 Å². The number of anilines is 2. The summed E-state index contributed by atoms with van der Waals surface area (Å²) in [5.41, 5.74) is -1.27. The van der Waals surface area contributed by atoms with Gasteiger partial charge in [-0.3, -0.25) is 29.8 Å². The number of nitrogens with one attached hydrogen (secondary N) is 1. The second-order valence-corrected chi connectivity index (χ2v) is 15.1. The van der Waals surface area contributed by atoms with Gasteiger partial charge in [-0.05, 0) is 78.6 Å². The molecule has 0 bridgehead atoms. The monoisotopic (exact) mass is 801 g/mol. The molecular formula is C37H51N7O13. The lowest BCUT2D eigenvalue weighted by Gasteiger charge is -2.27. The Morgan fingerprint density at radius 3 is 1.49 bits per heavy atom. The van der Waals surface area contributed by atoms with Gasteiger partial charge < -0.3 is 44.2 Å². The van der Waals surface area contributed by atoms with Gasteiger partial charge in [0, 0.05) is 75.9 Å². The highest BCUT2D eigenvalue weighted by Gasteiger charge is 2.28. The maximum atomic E-state index is 12.5. The fourth-order valence-corrected chi connectivity index (χ4v) is 5.80. The molecule has 20 heteroatoms. The van der Waals surface area contributed by atoms with E-state index < -0.39 is 51.1 Å². The van der Waals surface area contributed by atoms with Crippen LogP contribution in [0.15, 0.2) is 36.4 Å². The largest absolute Gasteiger partial charge is 0.477 e. The first-order valence-corrected chi connectivity index (χ1v) is 18.2. The molecule has 2 aromatic carbocycles. The Bertz CT molecular complexity index is 1820. The third-order valence-electron chi connectivity index (χ3n) is 8.48. The number of nitro groups is 2. The number of methoxy groups -OCH3 is 1. The van der Waals surface area contributed by atoms with Crippen LogP contribution in [-0.4, -0.2) is 132 Å². The number of carboxylic acids is 1. The highest BCUT2D eigenvalue weighted by molar-refractivity contribution is 6.00. The molecule has 4 rings (SSSR count). The Balaban J connectivity index is 0.000000310. The van der Waals surface area contributed by atoms with E-state index in [1.54, 1.807) is 57.4 Å². The van der Waals surface area contributed by atoms with Gasteiger partial charge in [-0.25, -0.2) is 14.4 Å². The normalized spacial score (nSPS) is 14.9. The van der Waals surface area contributed by atoms with Crippen LogP contribution in [0.5, 0.6) is 0 Å². The lowest BCUT2D eigenvalue weighted by atomic mass is 10.1. The van der Waals surface area contributed by atoms with E-state index in [4.69, 9.17) is 9.47 Å². The molecule has 2 N–H and O–H groups in total. The van der Waals surface area contributed by atoms with E-state index >= 15 is 0 Å². The first-order chi connectivity index (χ1) is 26.6. The van der Waals surface area contributed by atoms with E-state index in [1.807, 2.05) is 9.80 Å². The van der Waals surface area contributed by atoms with Gasteiger partial charge in [0.2, 0.25) is 0 Å². The van der Waals surface area contributed by atoms with Crippen molar-refractivity contribution in [2.45, 2.75) is 65.6 Å². The summed E-state index contributed by atoms with van der Waals surface area (Å²) in [5, 5.41) is 33.9. The molecule has 0 saturated carbocycles. The summed E-state index contributed by atoms with van der Waals surface area (Å²) in [7, 11) is 1.18. The van der Waals surface area contributed by atoms with Crippen molar-refractivity contribution >= 4 is 52.8 Å². The molecule has 2 aliphatic rings. The van der Waals surface area contributed by atoms with Crippen molar-refractivity contribution in [3.8, 4) is 0 Å². The molecular weight excluding hydrogens is 750 g/mol. The van der Waals surface area contributed by atoms with Crippen LogP contribution in [0.4, 0.5) is 32.3 Å². The minimum atomic E-state index is -1.34. The number of hydrogen-bond donors (Lipinski definition) is 2. The maximum absolute atomic E-state index is 12.5. The van der Waals surface area contributed by atoms with E-state index in [0.29, 0.717) is 76.6 Å². The number of amides is 3. The van der Waals surface area contributed by atoms with Crippen molar-refractivity contribution < 1.29 is 53.1 Å². The van der Waals surface area contributed by atoms with Crippen LogP contribution in [0.2, 0.25) is 0 Å². The molecule has 0 aliphatic carbocycles. The number of ether oxygens (including phenoxy) is 3. The fraction of sp³-hybridized carbons (Fsp3) is 0.541. The number of esters is 1. The van der Waals surface area contributed by atoms with Crippen molar-refractivity contribution in [3.05, 3.63) is 67.8 Å². The van der Waals surface area contributed by atoms with Crippen molar-refractivity contribution in [1.29, 1.82) is 0 Å². The Kier molecular flexibility index (Phi) is 15.5. The molecule has 0 radical (unpaired) electrons. The summed E-state index contributed by atoms with van der Waals surface area (Å²) in [4.78, 5) is 87.7. The number of rotatable bonds is 8. The average Bonchev–Trinajstić information content (AvgIpc) is 3.54. The number of aromatic carboxylic acids is 1. The minimum Gasteiger partial charge on any atom is -0.477 e. The van der Waals surface area contributed by atoms with Crippen molar-refractivity contribution in [2.24, 2.45) is 0 Å². The van der Waals surface area contributed by atoms with Crippen molar-refractivity contribution in [3.63, 3.8) is 0 Å². The molecule has 0 spiro atoms. The minimum absolute atomic E-state index is 0.153. The van der Waals surface area contributed by atoms with Gasteiger partial charge in [0.25, 0.3) is 17.3 Å². The second-order valence-electron chi connectivity index (χ2n) is 15.1.